The predicted molar refractivity (Wildman–Crippen MR) is 80.8 cm³/mol. The Bertz CT molecular complexity index is 1130. The topological polar surface area (TPSA) is 60.4 Å². The Hall–Kier alpha value is -2.88. The van der Waals surface area contributed by atoms with Crippen LogP contribution >= 0.6 is 0 Å². The molecule has 0 amide bonds. The third kappa shape index (κ3) is 1.56. The first-order valence-corrected chi connectivity index (χ1v) is 6.55. The number of hydrogen-bond acceptors (Lipinski definition) is 4. The highest BCUT2D eigenvalue weighted by Gasteiger charge is 2.15. The van der Waals surface area contributed by atoms with Crippen LogP contribution in [0.3, 0.4) is 0 Å². The Kier molecular flexibility index (Phi) is 2.30. The zero-order valence-corrected chi connectivity index (χ0v) is 11.2. The predicted octanol–water partition coefficient (Wildman–Crippen LogP) is 3.36. The highest BCUT2D eigenvalue weighted by Crippen LogP contribution is 2.27. The molecule has 102 valence electrons. The summed E-state index contributed by atoms with van der Waals surface area (Å²) in [6.45, 7) is 1.84. The third-order valence-corrected chi connectivity index (χ3v) is 3.69. The fourth-order valence-electron chi connectivity index (χ4n) is 2.70. The Labute approximate surface area is 118 Å². The average Bonchev–Trinajstić information content (AvgIpc) is 2.49. The standard InChI is InChI=1S/C17H10O4/c1-9-5-4-8-12-14(9)20-17(19)13-10-6-2-3-7-11(10)16(18)21-15(12)13/h2-8H,1H3. The lowest BCUT2D eigenvalue weighted by molar-refractivity contribution is 0.547. The molecule has 0 saturated carbocycles. The van der Waals surface area contributed by atoms with Gasteiger partial charge in [0.15, 0.2) is 5.58 Å². The molecule has 0 radical (unpaired) electrons. The summed E-state index contributed by atoms with van der Waals surface area (Å²) >= 11 is 0. The van der Waals surface area contributed by atoms with Gasteiger partial charge in [-0.1, -0.05) is 30.3 Å². The molecule has 2 aromatic heterocycles. The van der Waals surface area contributed by atoms with Gasteiger partial charge in [-0.3, -0.25) is 0 Å². The highest BCUT2D eigenvalue weighted by molar-refractivity contribution is 6.11. The molecular weight excluding hydrogens is 268 g/mol. The van der Waals surface area contributed by atoms with Crippen molar-refractivity contribution in [3.05, 3.63) is 68.9 Å². The van der Waals surface area contributed by atoms with Crippen LogP contribution < -0.4 is 11.3 Å². The molecule has 0 saturated heterocycles. The molecule has 0 aliphatic carbocycles. The van der Waals surface area contributed by atoms with E-state index in [2.05, 4.69) is 0 Å². The molecule has 4 nitrogen and oxygen atoms in total. The van der Waals surface area contributed by atoms with Crippen LogP contribution in [0.25, 0.3) is 32.7 Å². The molecule has 0 bridgehead atoms. The summed E-state index contributed by atoms with van der Waals surface area (Å²) in [7, 11) is 0. The van der Waals surface area contributed by atoms with E-state index < -0.39 is 11.3 Å². The number of aryl methyl sites for hydroxylation is 1. The van der Waals surface area contributed by atoms with Gasteiger partial charge in [0.1, 0.15) is 11.0 Å². The highest BCUT2D eigenvalue weighted by atomic mass is 16.4. The largest absolute Gasteiger partial charge is 0.422 e. The number of hydrogen-bond donors (Lipinski definition) is 0. The first-order chi connectivity index (χ1) is 10.2. The molecule has 0 aliphatic heterocycles. The normalized spacial score (nSPS) is 11.5. The molecule has 0 fully saturated rings. The van der Waals surface area contributed by atoms with E-state index in [1.165, 1.54) is 0 Å². The molecule has 4 aromatic rings. The van der Waals surface area contributed by atoms with Gasteiger partial charge >= 0.3 is 11.3 Å². The molecule has 21 heavy (non-hydrogen) atoms. The Morgan fingerprint density at radius 1 is 0.714 bits per heavy atom. The monoisotopic (exact) mass is 278 g/mol. The molecule has 0 spiro atoms. The van der Waals surface area contributed by atoms with Crippen LogP contribution in [0.15, 0.2) is 60.9 Å². The van der Waals surface area contributed by atoms with E-state index in [1.807, 2.05) is 19.1 Å². The van der Waals surface area contributed by atoms with E-state index in [0.29, 0.717) is 27.1 Å². The van der Waals surface area contributed by atoms with Crippen molar-refractivity contribution in [2.75, 3.05) is 0 Å². The summed E-state index contributed by atoms with van der Waals surface area (Å²) in [5, 5.41) is 1.88. The molecule has 4 rings (SSSR count). The Morgan fingerprint density at radius 2 is 1.38 bits per heavy atom. The van der Waals surface area contributed by atoms with Crippen LogP contribution in [0, 0.1) is 6.92 Å². The van der Waals surface area contributed by atoms with Crippen molar-refractivity contribution < 1.29 is 8.83 Å². The lowest BCUT2D eigenvalue weighted by atomic mass is 10.1. The van der Waals surface area contributed by atoms with Crippen molar-refractivity contribution in [1.82, 2.24) is 0 Å². The quantitative estimate of drug-likeness (QED) is 0.365. The molecule has 0 aliphatic rings. The second kappa shape index (κ2) is 4.06. The minimum Gasteiger partial charge on any atom is -0.422 e. The average molecular weight is 278 g/mol. The second-order valence-corrected chi connectivity index (χ2v) is 4.98. The minimum atomic E-state index is -0.494. The summed E-state index contributed by atoms with van der Waals surface area (Å²) in [6.07, 6.45) is 0. The Morgan fingerprint density at radius 3 is 2.19 bits per heavy atom. The Balaban J connectivity index is 2.44. The van der Waals surface area contributed by atoms with Gasteiger partial charge in [0, 0.05) is 5.39 Å². The summed E-state index contributed by atoms with van der Waals surface area (Å²) in [4.78, 5) is 24.5. The molecule has 4 heteroatoms. The summed E-state index contributed by atoms with van der Waals surface area (Å²) < 4.78 is 10.8. The van der Waals surface area contributed by atoms with Crippen molar-refractivity contribution in [2.24, 2.45) is 0 Å². The fourth-order valence-corrected chi connectivity index (χ4v) is 2.70. The van der Waals surface area contributed by atoms with Crippen LogP contribution in [-0.4, -0.2) is 0 Å². The number of rotatable bonds is 0. The zero-order chi connectivity index (χ0) is 14.6. The maximum Gasteiger partial charge on any atom is 0.348 e. The van der Waals surface area contributed by atoms with Crippen molar-refractivity contribution in [2.45, 2.75) is 6.92 Å². The van der Waals surface area contributed by atoms with Gasteiger partial charge < -0.3 is 8.83 Å². The van der Waals surface area contributed by atoms with Crippen molar-refractivity contribution in [3.63, 3.8) is 0 Å². The number of para-hydroxylation sites is 1. The van der Waals surface area contributed by atoms with Crippen LogP contribution in [-0.2, 0) is 0 Å². The number of fused-ring (bicyclic) bond motifs is 5. The summed E-state index contributed by atoms with van der Waals surface area (Å²) in [6, 6.07) is 12.3. The lowest BCUT2D eigenvalue weighted by Crippen LogP contribution is -2.07. The van der Waals surface area contributed by atoms with Crippen LogP contribution in [0.1, 0.15) is 5.56 Å². The van der Waals surface area contributed by atoms with E-state index >= 15 is 0 Å². The van der Waals surface area contributed by atoms with Gasteiger partial charge in [-0.15, -0.1) is 0 Å². The van der Waals surface area contributed by atoms with Crippen molar-refractivity contribution in [1.29, 1.82) is 0 Å². The van der Waals surface area contributed by atoms with E-state index in [1.54, 1.807) is 30.3 Å². The molecule has 2 aromatic carbocycles. The van der Waals surface area contributed by atoms with Gasteiger partial charge in [-0.25, -0.2) is 9.59 Å². The van der Waals surface area contributed by atoms with Gasteiger partial charge in [0.2, 0.25) is 0 Å². The molecule has 0 N–H and O–H groups in total. The van der Waals surface area contributed by atoms with Gasteiger partial charge in [-0.2, -0.15) is 0 Å². The van der Waals surface area contributed by atoms with E-state index in [-0.39, 0.29) is 5.58 Å². The van der Waals surface area contributed by atoms with E-state index in [9.17, 15) is 9.59 Å². The summed E-state index contributed by atoms with van der Waals surface area (Å²) in [5.74, 6) is 0. The lowest BCUT2D eigenvalue weighted by Gasteiger charge is -2.05. The first-order valence-electron chi connectivity index (χ1n) is 6.55. The molecular formula is C17H10O4. The molecule has 2 heterocycles. The SMILES string of the molecule is Cc1cccc2c1oc(=O)c1c3ccccc3c(=O)oc21. The van der Waals surface area contributed by atoms with Gasteiger partial charge in [-0.05, 0) is 24.6 Å². The third-order valence-electron chi connectivity index (χ3n) is 3.69. The van der Waals surface area contributed by atoms with Crippen molar-refractivity contribution >= 4 is 32.7 Å². The summed E-state index contributed by atoms with van der Waals surface area (Å²) in [5.41, 5.74) is 0.614. The smallest absolute Gasteiger partial charge is 0.348 e. The van der Waals surface area contributed by atoms with Gasteiger partial charge in [0.05, 0.1) is 10.8 Å². The molecule has 0 unspecified atom stereocenters. The first kappa shape index (κ1) is 11.9. The van der Waals surface area contributed by atoms with E-state index in [0.717, 1.165) is 5.56 Å². The maximum atomic E-state index is 12.3. The zero-order valence-electron chi connectivity index (χ0n) is 11.2. The number of benzene rings is 2. The second-order valence-electron chi connectivity index (χ2n) is 4.98. The minimum absolute atomic E-state index is 0.286. The van der Waals surface area contributed by atoms with E-state index in [4.69, 9.17) is 8.83 Å². The van der Waals surface area contributed by atoms with Gasteiger partial charge in [0.25, 0.3) is 0 Å². The fraction of sp³-hybridized carbons (Fsp3) is 0.0588. The van der Waals surface area contributed by atoms with Crippen LogP contribution in [0.5, 0.6) is 0 Å². The maximum absolute atomic E-state index is 12.3. The van der Waals surface area contributed by atoms with Crippen molar-refractivity contribution in [3.8, 4) is 0 Å². The van der Waals surface area contributed by atoms with Crippen LogP contribution in [0.4, 0.5) is 0 Å². The molecule has 0 atom stereocenters. The van der Waals surface area contributed by atoms with Crippen LogP contribution in [0.2, 0.25) is 0 Å².